The molecule has 0 radical (unpaired) electrons. The molecule has 2 saturated heterocycles. The van der Waals surface area contributed by atoms with E-state index in [1.54, 1.807) is 11.3 Å². The minimum atomic E-state index is 0.504. The van der Waals surface area contributed by atoms with E-state index in [4.69, 9.17) is 0 Å². The average molecular weight is 299 g/mol. The third-order valence-corrected chi connectivity index (χ3v) is 5.56. The quantitative estimate of drug-likeness (QED) is 0.868. The van der Waals surface area contributed by atoms with Crippen molar-refractivity contribution in [3.8, 4) is 0 Å². The van der Waals surface area contributed by atoms with Crippen molar-refractivity contribution >= 4 is 11.3 Å². The molecule has 2 atom stereocenters. The molecule has 3 heterocycles. The van der Waals surface area contributed by atoms with Gasteiger partial charge in [-0.15, -0.1) is 11.3 Å². The number of hydrogen-bond acceptors (Lipinski definition) is 4. The van der Waals surface area contributed by atoms with Gasteiger partial charge in [0, 0.05) is 36.8 Å². The fourth-order valence-corrected chi connectivity index (χ4v) is 4.39. The second kappa shape index (κ2) is 5.87. The maximum Gasteiger partial charge on any atom is 0.107 e. The summed E-state index contributed by atoms with van der Waals surface area (Å²) in [6.07, 6.45) is 4.64. The fourth-order valence-electron chi connectivity index (χ4n) is 3.75. The molecule has 4 rings (SSSR count). The molecule has 2 aromatic rings. The fraction of sp³-hybridized carbons (Fsp3) is 0.471. The van der Waals surface area contributed by atoms with Gasteiger partial charge in [0.2, 0.25) is 0 Å². The van der Waals surface area contributed by atoms with Gasteiger partial charge >= 0.3 is 0 Å². The Morgan fingerprint density at radius 1 is 1.19 bits per heavy atom. The van der Waals surface area contributed by atoms with E-state index in [0.29, 0.717) is 6.04 Å². The Labute approximate surface area is 130 Å². The van der Waals surface area contributed by atoms with Gasteiger partial charge in [0.05, 0.1) is 6.54 Å². The molecule has 0 spiro atoms. The number of hydrogen-bond donors (Lipinski definition) is 0. The smallest absolute Gasteiger partial charge is 0.107 e. The molecule has 4 heteroatoms. The minimum absolute atomic E-state index is 0.504. The second-order valence-corrected chi connectivity index (χ2v) is 7.05. The van der Waals surface area contributed by atoms with Gasteiger partial charge in [0.25, 0.3) is 0 Å². The Balaban J connectivity index is 1.60. The summed E-state index contributed by atoms with van der Waals surface area (Å²) in [7, 11) is 0. The van der Waals surface area contributed by atoms with Crippen LogP contribution in [0.1, 0.15) is 29.5 Å². The van der Waals surface area contributed by atoms with E-state index >= 15 is 0 Å². The van der Waals surface area contributed by atoms with Crippen LogP contribution in [0.2, 0.25) is 0 Å². The highest BCUT2D eigenvalue weighted by Crippen LogP contribution is 2.33. The normalized spacial score (nSPS) is 26.9. The maximum absolute atomic E-state index is 4.49. The molecule has 0 amide bonds. The van der Waals surface area contributed by atoms with Crippen molar-refractivity contribution in [2.75, 3.05) is 19.6 Å². The number of rotatable bonds is 3. The Kier molecular flexibility index (Phi) is 3.76. The first kappa shape index (κ1) is 13.4. The molecule has 0 saturated carbocycles. The number of aromatic nitrogens is 1. The lowest BCUT2D eigenvalue weighted by Crippen LogP contribution is -2.51. The first-order chi connectivity index (χ1) is 10.4. The largest absolute Gasteiger partial charge is 0.297 e. The zero-order valence-corrected chi connectivity index (χ0v) is 13.0. The van der Waals surface area contributed by atoms with Gasteiger partial charge < -0.3 is 0 Å². The maximum atomic E-state index is 4.49. The van der Waals surface area contributed by atoms with Crippen molar-refractivity contribution in [2.45, 2.75) is 31.5 Å². The van der Waals surface area contributed by atoms with Gasteiger partial charge in [-0.05, 0) is 24.9 Å². The molecule has 1 aromatic heterocycles. The Morgan fingerprint density at radius 2 is 2.10 bits per heavy atom. The van der Waals surface area contributed by atoms with Gasteiger partial charge in [-0.2, -0.15) is 0 Å². The van der Waals surface area contributed by atoms with Gasteiger partial charge in [-0.1, -0.05) is 30.3 Å². The SMILES string of the molecule is c1ccc(C2CN3CCCC3CN2Cc2nccs2)cc1. The highest BCUT2D eigenvalue weighted by atomic mass is 32.1. The second-order valence-electron chi connectivity index (χ2n) is 6.07. The molecule has 2 fully saturated rings. The van der Waals surface area contributed by atoms with Crippen LogP contribution in [0.4, 0.5) is 0 Å². The lowest BCUT2D eigenvalue weighted by atomic mass is 10.00. The van der Waals surface area contributed by atoms with E-state index in [1.165, 1.54) is 43.0 Å². The van der Waals surface area contributed by atoms with Crippen molar-refractivity contribution in [1.82, 2.24) is 14.8 Å². The van der Waals surface area contributed by atoms with Crippen LogP contribution in [-0.4, -0.2) is 40.5 Å². The summed E-state index contributed by atoms with van der Waals surface area (Å²) in [6.45, 7) is 4.61. The number of thiazole rings is 1. The molecule has 2 aliphatic heterocycles. The molecule has 2 unspecified atom stereocenters. The van der Waals surface area contributed by atoms with E-state index in [-0.39, 0.29) is 0 Å². The topological polar surface area (TPSA) is 19.4 Å². The minimum Gasteiger partial charge on any atom is -0.297 e. The zero-order valence-electron chi connectivity index (χ0n) is 12.2. The van der Waals surface area contributed by atoms with Crippen LogP contribution in [0.3, 0.4) is 0 Å². The number of piperazine rings is 1. The molecule has 21 heavy (non-hydrogen) atoms. The van der Waals surface area contributed by atoms with Crippen LogP contribution in [-0.2, 0) is 6.54 Å². The number of benzene rings is 1. The van der Waals surface area contributed by atoms with E-state index in [2.05, 4.69) is 50.5 Å². The molecule has 2 aliphatic rings. The molecule has 1 aromatic carbocycles. The van der Waals surface area contributed by atoms with Crippen molar-refractivity contribution in [2.24, 2.45) is 0 Å². The number of nitrogens with zero attached hydrogens (tertiary/aromatic N) is 3. The highest BCUT2D eigenvalue weighted by molar-refractivity contribution is 7.09. The van der Waals surface area contributed by atoms with Crippen molar-refractivity contribution in [3.63, 3.8) is 0 Å². The zero-order chi connectivity index (χ0) is 14.1. The summed E-state index contributed by atoms with van der Waals surface area (Å²) in [4.78, 5) is 9.82. The summed E-state index contributed by atoms with van der Waals surface area (Å²) in [5.74, 6) is 0. The van der Waals surface area contributed by atoms with Crippen LogP contribution in [0.5, 0.6) is 0 Å². The molecular weight excluding hydrogens is 278 g/mol. The lowest BCUT2D eigenvalue weighted by Gasteiger charge is -2.43. The predicted octanol–water partition coefficient (Wildman–Crippen LogP) is 3.16. The number of fused-ring (bicyclic) bond motifs is 1. The third kappa shape index (κ3) is 2.76. The summed E-state index contributed by atoms with van der Waals surface area (Å²) in [5.41, 5.74) is 1.44. The predicted molar refractivity (Wildman–Crippen MR) is 86.3 cm³/mol. The van der Waals surface area contributed by atoms with E-state index < -0.39 is 0 Å². The first-order valence-electron chi connectivity index (χ1n) is 7.81. The summed E-state index contributed by atoms with van der Waals surface area (Å²) in [6, 6.07) is 12.2. The van der Waals surface area contributed by atoms with Gasteiger partial charge in [-0.3, -0.25) is 9.80 Å². The van der Waals surface area contributed by atoms with Gasteiger partial charge in [-0.25, -0.2) is 4.98 Å². The molecule has 0 N–H and O–H groups in total. The summed E-state index contributed by atoms with van der Waals surface area (Å²) < 4.78 is 0. The Hall–Kier alpha value is -1.23. The monoisotopic (exact) mass is 299 g/mol. The molecule has 0 bridgehead atoms. The highest BCUT2D eigenvalue weighted by Gasteiger charge is 2.36. The lowest BCUT2D eigenvalue weighted by molar-refractivity contribution is 0.0447. The van der Waals surface area contributed by atoms with Gasteiger partial charge in [0.15, 0.2) is 0 Å². The summed E-state index contributed by atoms with van der Waals surface area (Å²) >= 11 is 1.77. The molecule has 110 valence electrons. The van der Waals surface area contributed by atoms with E-state index in [1.807, 2.05) is 6.20 Å². The van der Waals surface area contributed by atoms with Crippen LogP contribution < -0.4 is 0 Å². The third-order valence-electron chi connectivity index (χ3n) is 4.80. The van der Waals surface area contributed by atoms with Crippen LogP contribution >= 0.6 is 11.3 Å². The van der Waals surface area contributed by atoms with Crippen LogP contribution in [0.15, 0.2) is 41.9 Å². The van der Waals surface area contributed by atoms with Crippen molar-refractivity contribution in [3.05, 3.63) is 52.5 Å². The standard InChI is InChI=1S/C17H21N3S/c1-2-5-14(6-3-1)16-12-19-9-4-7-15(19)11-20(16)13-17-18-8-10-21-17/h1-3,5-6,8,10,15-16H,4,7,9,11-13H2. The molecule has 3 nitrogen and oxygen atoms in total. The van der Waals surface area contributed by atoms with Gasteiger partial charge in [0.1, 0.15) is 5.01 Å². The first-order valence-corrected chi connectivity index (χ1v) is 8.69. The Bertz CT molecular complexity index is 569. The van der Waals surface area contributed by atoms with E-state index in [0.717, 1.165) is 12.6 Å². The van der Waals surface area contributed by atoms with Crippen molar-refractivity contribution in [1.29, 1.82) is 0 Å². The average Bonchev–Trinajstić information content (AvgIpc) is 3.18. The summed E-state index contributed by atoms with van der Waals surface area (Å²) in [5, 5.41) is 3.32. The molecule has 0 aliphatic carbocycles. The molecular formula is C17H21N3S. The van der Waals surface area contributed by atoms with Crippen LogP contribution in [0, 0.1) is 0 Å². The Morgan fingerprint density at radius 3 is 2.90 bits per heavy atom. The van der Waals surface area contributed by atoms with Crippen LogP contribution in [0.25, 0.3) is 0 Å². The van der Waals surface area contributed by atoms with Crippen molar-refractivity contribution < 1.29 is 0 Å². The van der Waals surface area contributed by atoms with E-state index in [9.17, 15) is 0 Å².